The van der Waals surface area contributed by atoms with Gasteiger partial charge in [-0.25, -0.2) is 0 Å². The van der Waals surface area contributed by atoms with Gasteiger partial charge in [-0.05, 0) is 62.0 Å². The number of likely N-dealkylation sites (tertiary alicyclic amines) is 1. The molecule has 134 valence electrons. The maximum atomic E-state index is 9.56. The minimum atomic E-state index is -0.0775. The van der Waals surface area contributed by atoms with E-state index in [1.165, 1.54) is 16.7 Å². The first-order valence-electron chi connectivity index (χ1n) is 9.51. The Morgan fingerprint density at radius 3 is 2.52 bits per heavy atom. The molecule has 0 aliphatic carbocycles. The zero-order chi connectivity index (χ0) is 17.5. The molecule has 2 aromatic carbocycles. The highest BCUT2D eigenvalue weighted by Gasteiger charge is 2.16. The number of aliphatic hydroxyl groups is 1. The van der Waals surface area contributed by atoms with Crippen LogP contribution in [0.1, 0.15) is 37.8 Å². The zero-order valence-corrected chi connectivity index (χ0v) is 15.2. The van der Waals surface area contributed by atoms with Crippen molar-refractivity contribution in [2.24, 2.45) is 0 Å². The lowest BCUT2D eigenvalue weighted by molar-refractivity contribution is 0.0820. The van der Waals surface area contributed by atoms with Crippen molar-refractivity contribution in [3.8, 4) is 11.1 Å². The summed E-state index contributed by atoms with van der Waals surface area (Å²) in [6, 6.07) is 19.7. The first-order valence-corrected chi connectivity index (χ1v) is 9.51. The first kappa shape index (κ1) is 18.1. The summed E-state index contributed by atoms with van der Waals surface area (Å²) in [7, 11) is 0. The third kappa shape index (κ3) is 5.40. The van der Waals surface area contributed by atoms with Crippen molar-refractivity contribution in [2.45, 2.75) is 38.3 Å². The van der Waals surface area contributed by atoms with Crippen LogP contribution in [-0.4, -0.2) is 42.3 Å². The van der Waals surface area contributed by atoms with E-state index >= 15 is 0 Å². The summed E-state index contributed by atoms with van der Waals surface area (Å²) in [5.41, 5.74) is 3.88. The standard InChI is InChI=1S/C22H30N2O/c1-18(23-13-6-14-24-15-11-22(25)12-16-24)20-9-5-10-21(17-20)19-7-3-2-4-8-19/h2-5,7-10,17-18,22-23,25H,6,11-16H2,1H3. The maximum Gasteiger partial charge on any atom is 0.0564 e. The van der Waals surface area contributed by atoms with Crippen molar-refractivity contribution in [1.82, 2.24) is 10.2 Å². The molecule has 0 amide bonds. The highest BCUT2D eigenvalue weighted by atomic mass is 16.3. The van der Waals surface area contributed by atoms with Crippen LogP contribution in [0, 0.1) is 0 Å². The van der Waals surface area contributed by atoms with Gasteiger partial charge in [-0.1, -0.05) is 48.5 Å². The zero-order valence-electron chi connectivity index (χ0n) is 15.2. The lowest BCUT2D eigenvalue weighted by Gasteiger charge is -2.29. The van der Waals surface area contributed by atoms with Gasteiger partial charge in [0.2, 0.25) is 0 Å². The van der Waals surface area contributed by atoms with Gasteiger partial charge in [0.05, 0.1) is 6.10 Å². The average Bonchev–Trinajstić information content (AvgIpc) is 2.67. The van der Waals surface area contributed by atoms with Gasteiger partial charge in [0.25, 0.3) is 0 Å². The Balaban J connectivity index is 1.46. The highest BCUT2D eigenvalue weighted by Crippen LogP contribution is 2.23. The molecule has 1 unspecified atom stereocenters. The summed E-state index contributed by atoms with van der Waals surface area (Å²) < 4.78 is 0. The lowest BCUT2D eigenvalue weighted by Crippen LogP contribution is -2.37. The van der Waals surface area contributed by atoms with E-state index < -0.39 is 0 Å². The van der Waals surface area contributed by atoms with Crippen LogP contribution in [0.3, 0.4) is 0 Å². The molecule has 0 bridgehead atoms. The molecule has 3 nitrogen and oxygen atoms in total. The summed E-state index contributed by atoms with van der Waals surface area (Å²) in [6.07, 6.45) is 2.93. The smallest absolute Gasteiger partial charge is 0.0564 e. The number of hydrogen-bond acceptors (Lipinski definition) is 3. The second-order valence-electron chi connectivity index (χ2n) is 7.09. The fourth-order valence-corrected chi connectivity index (χ4v) is 3.50. The van der Waals surface area contributed by atoms with Crippen molar-refractivity contribution in [3.05, 3.63) is 60.2 Å². The topological polar surface area (TPSA) is 35.5 Å². The maximum absolute atomic E-state index is 9.56. The first-order chi connectivity index (χ1) is 12.2. The number of nitrogens with one attached hydrogen (secondary N) is 1. The molecule has 2 N–H and O–H groups in total. The van der Waals surface area contributed by atoms with E-state index in [2.05, 4.69) is 71.7 Å². The summed E-state index contributed by atoms with van der Waals surface area (Å²) in [5, 5.41) is 13.2. The van der Waals surface area contributed by atoms with E-state index in [4.69, 9.17) is 0 Å². The molecule has 1 aliphatic heterocycles. The Morgan fingerprint density at radius 1 is 1.04 bits per heavy atom. The number of piperidine rings is 1. The molecule has 1 atom stereocenters. The molecular formula is C22H30N2O. The predicted octanol–water partition coefficient (Wildman–Crippen LogP) is 3.85. The number of nitrogens with zero attached hydrogens (tertiary/aromatic N) is 1. The van der Waals surface area contributed by atoms with Gasteiger partial charge >= 0.3 is 0 Å². The Hall–Kier alpha value is -1.68. The third-order valence-corrected chi connectivity index (χ3v) is 5.15. The predicted molar refractivity (Wildman–Crippen MR) is 105 cm³/mol. The summed E-state index contributed by atoms with van der Waals surface area (Å²) in [5.74, 6) is 0. The van der Waals surface area contributed by atoms with Crippen LogP contribution in [0.5, 0.6) is 0 Å². The Bertz CT molecular complexity index is 635. The van der Waals surface area contributed by atoms with Gasteiger partial charge in [0, 0.05) is 19.1 Å². The van der Waals surface area contributed by atoms with Crippen LogP contribution in [-0.2, 0) is 0 Å². The van der Waals surface area contributed by atoms with Crippen molar-refractivity contribution < 1.29 is 5.11 Å². The van der Waals surface area contributed by atoms with Crippen LogP contribution in [0.2, 0.25) is 0 Å². The normalized spacial score (nSPS) is 17.5. The van der Waals surface area contributed by atoms with Crippen molar-refractivity contribution in [2.75, 3.05) is 26.2 Å². The molecule has 1 saturated heterocycles. The molecule has 0 radical (unpaired) electrons. The van der Waals surface area contributed by atoms with Gasteiger partial charge in [-0.2, -0.15) is 0 Å². The number of hydrogen-bond donors (Lipinski definition) is 2. The van der Waals surface area contributed by atoms with Gasteiger partial charge < -0.3 is 15.3 Å². The lowest BCUT2D eigenvalue weighted by atomic mass is 10.00. The van der Waals surface area contributed by atoms with E-state index in [1.54, 1.807) is 0 Å². The van der Waals surface area contributed by atoms with Crippen molar-refractivity contribution >= 4 is 0 Å². The minimum Gasteiger partial charge on any atom is -0.393 e. The molecule has 2 aromatic rings. The van der Waals surface area contributed by atoms with E-state index in [9.17, 15) is 5.11 Å². The van der Waals surface area contributed by atoms with E-state index in [0.29, 0.717) is 6.04 Å². The van der Waals surface area contributed by atoms with Crippen LogP contribution < -0.4 is 5.32 Å². The second kappa shape index (κ2) is 9.14. The van der Waals surface area contributed by atoms with Gasteiger partial charge in [0.15, 0.2) is 0 Å². The number of aliphatic hydroxyl groups excluding tert-OH is 1. The van der Waals surface area contributed by atoms with Gasteiger partial charge in [-0.3, -0.25) is 0 Å². The fourth-order valence-electron chi connectivity index (χ4n) is 3.50. The summed E-state index contributed by atoms with van der Waals surface area (Å²) >= 11 is 0. The largest absolute Gasteiger partial charge is 0.393 e. The Kier molecular flexibility index (Phi) is 6.62. The van der Waals surface area contributed by atoms with Crippen LogP contribution >= 0.6 is 0 Å². The average molecular weight is 338 g/mol. The summed E-state index contributed by atoms with van der Waals surface area (Å²) in [6.45, 7) is 6.46. The molecule has 1 fully saturated rings. The molecule has 0 saturated carbocycles. The van der Waals surface area contributed by atoms with Crippen molar-refractivity contribution in [1.29, 1.82) is 0 Å². The van der Waals surface area contributed by atoms with Crippen molar-refractivity contribution in [3.63, 3.8) is 0 Å². The molecule has 25 heavy (non-hydrogen) atoms. The van der Waals surface area contributed by atoms with Gasteiger partial charge in [-0.15, -0.1) is 0 Å². The fraction of sp³-hybridized carbons (Fsp3) is 0.455. The van der Waals surface area contributed by atoms with Crippen LogP contribution in [0.15, 0.2) is 54.6 Å². The number of rotatable bonds is 7. The molecule has 1 aliphatic rings. The van der Waals surface area contributed by atoms with Crippen LogP contribution in [0.25, 0.3) is 11.1 Å². The molecular weight excluding hydrogens is 308 g/mol. The highest BCUT2D eigenvalue weighted by molar-refractivity contribution is 5.64. The number of benzene rings is 2. The SMILES string of the molecule is CC(NCCCN1CCC(O)CC1)c1cccc(-c2ccccc2)c1. The molecule has 3 rings (SSSR count). The Morgan fingerprint density at radius 2 is 1.76 bits per heavy atom. The van der Waals surface area contributed by atoms with Gasteiger partial charge in [0.1, 0.15) is 0 Å². The molecule has 0 aromatic heterocycles. The monoisotopic (exact) mass is 338 g/mol. The second-order valence-corrected chi connectivity index (χ2v) is 7.09. The quantitative estimate of drug-likeness (QED) is 0.753. The molecule has 1 heterocycles. The summed E-state index contributed by atoms with van der Waals surface area (Å²) in [4.78, 5) is 2.47. The van der Waals surface area contributed by atoms with E-state index in [0.717, 1.165) is 45.4 Å². The molecule has 0 spiro atoms. The molecule has 3 heteroatoms. The minimum absolute atomic E-state index is 0.0775. The van der Waals surface area contributed by atoms with Crippen LogP contribution in [0.4, 0.5) is 0 Å². The van der Waals surface area contributed by atoms with E-state index in [-0.39, 0.29) is 6.10 Å². The Labute approximate surface area is 151 Å². The third-order valence-electron chi connectivity index (χ3n) is 5.15. The van der Waals surface area contributed by atoms with E-state index in [1.807, 2.05) is 0 Å².